The second-order valence-corrected chi connectivity index (χ2v) is 7.37. The number of carbonyl (C=O) groups is 2. The summed E-state index contributed by atoms with van der Waals surface area (Å²) in [5.41, 5.74) is 1.000. The van der Waals surface area contributed by atoms with E-state index in [2.05, 4.69) is 15.1 Å². The van der Waals surface area contributed by atoms with E-state index in [1.54, 1.807) is 48.0 Å². The molecule has 4 rings (SSSR count). The molecule has 1 saturated heterocycles. The molecule has 0 spiro atoms. The second kappa shape index (κ2) is 8.10. The van der Waals surface area contributed by atoms with E-state index in [0.29, 0.717) is 53.9 Å². The maximum absolute atomic E-state index is 13.2. The number of carbonyl (C=O) groups excluding carboxylic acids is 2. The van der Waals surface area contributed by atoms with Crippen molar-refractivity contribution in [1.29, 1.82) is 0 Å². The molecule has 1 aliphatic heterocycles. The molecule has 0 aliphatic carbocycles. The van der Waals surface area contributed by atoms with Crippen LogP contribution in [-0.4, -0.2) is 56.4 Å². The van der Waals surface area contributed by atoms with Gasteiger partial charge in [0.15, 0.2) is 5.82 Å². The van der Waals surface area contributed by atoms with Crippen molar-refractivity contribution >= 4 is 11.8 Å². The monoisotopic (exact) mass is 409 g/mol. The lowest BCUT2D eigenvalue weighted by Gasteiger charge is -2.29. The minimum atomic E-state index is -0.557. The van der Waals surface area contributed by atoms with Crippen molar-refractivity contribution in [2.75, 3.05) is 19.6 Å². The third kappa shape index (κ3) is 3.83. The number of nitrogens with zero attached hydrogens (tertiary/aromatic N) is 5. The number of pyridine rings is 1. The summed E-state index contributed by atoms with van der Waals surface area (Å²) in [7, 11) is 0. The minimum absolute atomic E-state index is 0.138. The van der Waals surface area contributed by atoms with Gasteiger partial charge in [-0.15, -0.1) is 0 Å². The molecule has 3 aromatic rings. The molecule has 3 aromatic heterocycles. The summed E-state index contributed by atoms with van der Waals surface area (Å²) in [6, 6.07) is 4.62. The first-order valence-corrected chi connectivity index (χ1v) is 9.81. The number of rotatable bonds is 3. The van der Waals surface area contributed by atoms with Crippen molar-refractivity contribution < 1.29 is 18.5 Å². The van der Waals surface area contributed by atoms with Crippen LogP contribution in [0.2, 0.25) is 0 Å². The maximum atomic E-state index is 13.2. The van der Waals surface area contributed by atoms with Gasteiger partial charge in [0.25, 0.3) is 17.7 Å². The van der Waals surface area contributed by atoms with Crippen LogP contribution in [0, 0.1) is 20.8 Å². The first kappa shape index (κ1) is 19.8. The zero-order chi connectivity index (χ0) is 21.3. The first-order chi connectivity index (χ1) is 14.4. The Morgan fingerprint density at radius 3 is 2.63 bits per heavy atom. The molecule has 30 heavy (non-hydrogen) atoms. The van der Waals surface area contributed by atoms with E-state index < -0.39 is 6.04 Å². The van der Waals surface area contributed by atoms with Crippen LogP contribution in [0.25, 0.3) is 0 Å². The Bertz CT molecular complexity index is 1060. The van der Waals surface area contributed by atoms with Gasteiger partial charge >= 0.3 is 0 Å². The highest BCUT2D eigenvalue weighted by Crippen LogP contribution is 2.27. The van der Waals surface area contributed by atoms with Gasteiger partial charge in [-0.1, -0.05) is 5.16 Å². The van der Waals surface area contributed by atoms with Crippen LogP contribution < -0.4 is 0 Å². The largest absolute Gasteiger partial charge is 0.466 e. The number of hydrogen-bond acceptors (Lipinski definition) is 7. The molecule has 1 unspecified atom stereocenters. The maximum Gasteiger partial charge on any atom is 0.257 e. The minimum Gasteiger partial charge on any atom is -0.466 e. The predicted octanol–water partition coefficient (Wildman–Crippen LogP) is 2.71. The van der Waals surface area contributed by atoms with Crippen molar-refractivity contribution in [3.8, 4) is 0 Å². The van der Waals surface area contributed by atoms with Crippen LogP contribution in [0.4, 0.5) is 0 Å². The fourth-order valence-corrected chi connectivity index (χ4v) is 3.74. The highest BCUT2D eigenvalue weighted by molar-refractivity contribution is 5.96. The normalized spacial score (nSPS) is 17.1. The number of aryl methyl sites for hydroxylation is 3. The summed E-state index contributed by atoms with van der Waals surface area (Å²) in [6.45, 7) is 6.50. The standard InChI is InChI=1S/C21H23N5O4/c1-13-10-17(14(2)29-13)21(28)25-8-5-9-26(20(27)16-6-4-7-22-11-16)18(12-25)19-23-15(3)24-30-19/h4,6-7,10-11,18H,5,8-9,12H2,1-3H3. The average molecular weight is 409 g/mol. The van der Waals surface area contributed by atoms with E-state index in [9.17, 15) is 9.59 Å². The third-order valence-corrected chi connectivity index (χ3v) is 5.15. The van der Waals surface area contributed by atoms with Crippen molar-refractivity contribution in [3.05, 3.63) is 65.0 Å². The van der Waals surface area contributed by atoms with Gasteiger partial charge < -0.3 is 18.7 Å². The number of amides is 2. The van der Waals surface area contributed by atoms with Crippen LogP contribution in [0.3, 0.4) is 0 Å². The molecular weight excluding hydrogens is 386 g/mol. The molecule has 9 nitrogen and oxygen atoms in total. The molecule has 2 amide bonds. The van der Waals surface area contributed by atoms with Crippen LogP contribution in [0.5, 0.6) is 0 Å². The van der Waals surface area contributed by atoms with Crippen molar-refractivity contribution in [2.45, 2.75) is 33.2 Å². The summed E-state index contributed by atoms with van der Waals surface area (Å²) in [6.07, 6.45) is 3.77. The lowest BCUT2D eigenvalue weighted by Crippen LogP contribution is -2.40. The van der Waals surface area contributed by atoms with Gasteiger partial charge in [0, 0.05) is 25.5 Å². The molecule has 0 saturated carbocycles. The smallest absolute Gasteiger partial charge is 0.257 e. The Morgan fingerprint density at radius 2 is 2.00 bits per heavy atom. The van der Waals surface area contributed by atoms with Gasteiger partial charge in [-0.3, -0.25) is 14.6 Å². The topological polar surface area (TPSA) is 106 Å². The van der Waals surface area contributed by atoms with Gasteiger partial charge in [-0.2, -0.15) is 4.98 Å². The Balaban J connectivity index is 1.67. The van der Waals surface area contributed by atoms with Gasteiger partial charge in [0.2, 0.25) is 0 Å². The molecule has 4 heterocycles. The van der Waals surface area contributed by atoms with E-state index in [-0.39, 0.29) is 18.4 Å². The van der Waals surface area contributed by atoms with E-state index in [0.717, 1.165) is 0 Å². The quantitative estimate of drug-likeness (QED) is 0.655. The Kier molecular flexibility index (Phi) is 5.35. The van der Waals surface area contributed by atoms with Crippen molar-refractivity contribution in [2.24, 2.45) is 0 Å². The molecule has 0 aromatic carbocycles. The zero-order valence-corrected chi connectivity index (χ0v) is 17.2. The zero-order valence-electron chi connectivity index (χ0n) is 17.2. The van der Waals surface area contributed by atoms with Crippen LogP contribution in [0.1, 0.15) is 56.4 Å². The summed E-state index contributed by atoms with van der Waals surface area (Å²) in [5, 5.41) is 3.88. The molecular formula is C21H23N5O4. The molecule has 0 N–H and O–H groups in total. The lowest BCUT2D eigenvalue weighted by molar-refractivity contribution is 0.0591. The number of aromatic nitrogens is 3. The summed E-state index contributed by atoms with van der Waals surface area (Å²) < 4.78 is 10.9. The van der Waals surface area contributed by atoms with Gasteiger partial charge in [0.1, 0.15) is 17.6 Å². The molecule has 1 fully saturated rings. The van der Waals surface area contributed by atoms with Gasteiger partial charge in [-0.05, 0) is 45.4 Å². The summed E-state index contributed by atoms with van der Waals surface area (Å²) in [4.78, 5) is 38.2. The van der Waals surface area contributed by atoms with E-state index in [4.69, 9.17) is 8.94 Å². The number of furan rings is 1. The summed E-state index contributed by atoms with van der Waals surface area (Å²) >= 11 is 0. The number of hydrogen-bond donors (Lipinski definition) is 0. The Hall–Kier alpha value is -3.49. The fourth-order valence-electron chi connectivity index (χ4n) is 3.74. The van der Waals surface area contributed by atoms with E-state index in [1.807, 2.05) is 6.92 Å². The molecule has 0 bridgehead atoms. The van der Waals surface area contributed by atoms with Crippen LogP contribution in [0.15, 0.2) is 39.5 Å². The van der Waals surface area contributed by atoms with Gasteiger partial charge in [0.05, 0.1) is 17.7 Å². The van der Waals surface area contributed by atoms with Gasteiger partial charge in [-0.25, -0.2) is 0 Å². The highest BCUT2D eigenvalue weighted by atomic mass is 16.5. The molecule has 1 atom stereocenters. The first-order valence-electron chi connectivity index (χ1n) is 9.81. The Labute approximate surface area is 173 Å². The molecule has 156 valence electrons. The molecule has 0 radical (unpaired) electrons. The summed E-state index contributed by atoms with van der Waals surface area (Å²) in [5.74, 6) is 1.72. The fraction of sp³-hybridized carbons (Fsp3) is 0.381. The van der Waals surface area contributed by atoms with Crippen LogP contribution in [-0.2, 0) is 0 Å². The van der Waals surface area contributed by atoms with Crippen molar-refractivity contribution in [3.63, 3.8) is 0 Å². The Morgan fingerprint density at radius 1 is 1.17 bits per heavy atom. The van der Waals surface area contributed by atoms with Crippen LogP contribution >= 0.6 is 0 Å². The highest BCUT2D eigenvalue weighted by Gasteiger charge is 2.36. The predicted molar refractivity (Wildman–Crippen MR) is 106 cm³/mol. The second-order valence-electron chi connectivity index (χ2n) is 7.37. The van der Waals surface area contributed by atoms with E-state index in [1.165, 1.54) is 6.20 Å². The SMILES string of the molecule is Cc1noc(C2CN(C(=O)c3cc(C)oc3C)CCCN2C(=O)c2cccnc2)n1. The molecule has 9 heteroatoms. The third-order valence-electron chi connectivity index (χ3n) is 5.15. The average Bonchev–Trinajstić information content (AvgIpc) is 3.24. The lowest BCUT2D eigenvalue weighted by atomic mass is 10.1. The van der Waals surface area contributed by atoms with Crippen molar-refractivity contribution in [1.82, 2.24) is 24.9 Å². The van der Waals surface area contributed by atoms with E-state index >= 15 is 0 Å². The molecule has 1 aliphatic rings.